The first-order valence-corrected chi connectivity index (χ1v) is 7.06. The van der Waals surface area contributed by atoms with Gasteiger partial charge in [0.25, 0.3) is 0 Å². The summed E-state index contributed by atoms with van der Waals surface area (Å²) in [5.41, 5.74) is 6.61. The van der Waals surface area contributed by atoms with Crippen molar-refractivity contribution in [2.45, 2.75) is 6.92 Å². The number of rotatable bonds is 4. The van der Waals surface area contributed by atoms with Crippen LogP contribution in [0.3, 0.4) is 0 Å². The summed E-state index contributed by atoms with van der Waals surface area (Å²) >= 11 is 0. The summed E-state index contributed by atoms with van der Waals surface area (Å²) in [6.07, 6.45) is 0. The van der Waals surface area contributed by atoms with Gasteiger partial charge in [0.1, 0.15) is 11.5 Å². The summed E-state index contributed by atoms with van der Waals surface area (Å²) in [6.45, 7) is 1.95. The number of aryl methyl sites for hydroxylation is 1. The van der Waals surface area contributed by atoms with Gasteiger partial charge in [-0.15, -0.1) is 0 Å². The zero-order valence-corrected chi connectivity index (χ0v) is 10.8. The van der Waals surface area contributed by atoms with E-state index in [0.717, 1.165) is 5.56 Å². The lowest BCUT2D eigenvalue weighted by Gasteiger charge is -2.15. The Morgan fingerprint density at radius 3 is 1.94 bits per heavy atom. The first kappa shape index (κ1) is 12.7. The molecule has 2 aromatic carbocycles. The van der Waals surface area contributed by atoms with Crippen LogP contribution in [0.25, 0.3) is 0 Å². The molecule has 2 rings (SSSR count). The van der Waals surface area contributed by atoms with Crippen LogP contribution in [0.1, 0.15) is 5.56 Å². The number of para-hydroxylation sites is 1. The van der Waals surface area contributed by atoms with E-state index < -0.39 is 7.75 Å². The van der Waals surface area contributed by atoms with Crippen molar-refractivity contribution in [2.75, 3.05) is 0 Å². The van der Waals surface area contributed by atoms with Gasteiger partial charge in [-0.2, -0.15) is 0 Å². The molecule has 0 amide bonds. The Labute approximate surface area is 106 Å². The molecule has 0 heterocycles. The van der Waals surface area contributed by atoms with E-state index in [0.29, 0.717) is 11.5 Å². The van der Waals surface area contributed by atoms with Crippen LogP contribution in [0.15, 0.2) is 54.6 Å². The van der Waals surface area contributed by atoms with Crippen molar-refractivity contribution in [3.63, 3.8) is 0 Å². The predicted octanol–water partition coefficient (Wildman–Crippen LogP) is 3.52. The lowest BCUT2D eigenvalue weighted by atomic mass is 10.2. The van der Waals surface area contributed by atoms with E-state index in [-0.39, 0.29) is 0 Å². The van der Waals surface area contributed by atoms with Gasteiger partial charge in [0.2, 0.25) is 0 Å². The number of nitrogens with two attached hydrogens (primary N) is 1. The second-order valence-corrected chi connectivity index (χ2v) is 5.29. The van der Waals surface area contributed by atoms with E-state index in [4.69, 9.17) is 14.6 Å². The Balaban J connectivity index is 2.08. The van der Waals surface area contributed by atoms with Gasteiger partial charge >= 0.3 is 7.75 Å². The van der Waals surface area contributed by atoms with Crippen molar-refractivity contribution < 1.29 is 13.6 Å². The molecule has 2 N–H and O–H groups in total. The van der Waals surface area contributed by atoms with Crippen molar-refractivity contribution >= 4 is 7.75 Å². The number of hydrogen-bond acceptors (Lipinski definition) is 3. The van der Waals surface area contributed by atoms with E-state index in [2.05, 4.69) is 0 Å². The Morgan fingerprint density at radius 2 is 1.39 bits per heavy atom. The summed E-state index contributed by atoms with van der Waals surface area (Å²) < 4.78 is 22.3. The van der Waals surface area contributed by atoms with Crippen molar-refractivity contribution in [1.29, 1.82) is 0 Å². The van der Waals surface area contributed by atoms with Gasteiger partial charge in [0.05, 0.1) is 0 Å². The number of benzene rings is 2. The van der Waals surface area contributed by atoms with E-state index in [9.17, 15) is 4.57 Å². The molecule has 2 aromatic rings. The largest absolute Gasteiger partial charge is 0.510 e. The molecule has 0 aromatic heterocycles. The van der Waals surface area contributed by atoms with Gasteiger partial charge in [-0.05, 0) is 31.2 Å². The molecule has 0 aliphatic heterocycles. The van der Waals surface area contributed by atoms with E-state index in [1.165, 1.54) is 0 Å². The molecule has 0 saturated heterocycles. The highest BCUT2D eigenvalue weighted by Gasteiger charge is 2.21. The van der Waals surface area contributed by atoms with E-state index >= 15 is 0 Å². The molecule has 0 spiro atoms. The maximum Gasteiger partial charge on any atom is 0.510 e. The Hall–Kier alpha value is -1.77. The van der Waals surface area contributed by atoms with Gasteiger partial charge in [-0.3, -0.25) is 0 Å². The molecule has 94 valence electrons. The van der Waals surface area contributed by atoms with Crippen molar-refractivity contribution in [3.8, 4) is 11.5 Å². The average Bonchev–Trinajstić information content (AvgIpc) is 2.32. The molecule has 1 unspecified atom stereocenters. The average molecular weight is 263 g/mol. The molecular weight excluding hydrogens is 249 g/mol. The third-order valence-electron chi connectivity index (χ3n) is 2.23. The van der Waals surface area contributed by atoms with Crippen LogP contribution in [-0.2, 0) is 4.57 Å². The Kier molecular flexibility index (Phi) is 3.70. The maximum absolute atomic E-state index is 12.0. The Bertz CT molecular complexity index is 554. The lowest BCUT2D eigenvalue weighted by Crippen LogP contribution is -2.08. The first-order chi connectivity index (χ1) is 8.55. The van der Waals surface area contributed by atoms with Crippen molar-refractivity contribution in [1.82, 2.24) is 0 Å². The van der Waals surface area contributed by atoms with Gasteiger partial charge in [-0.1, -0.05) is 35.9 Å². The van der Waals surface area contributed by atoms with Gasteiger partial charge in [-0.25, -0.2) is 10.1 Å². The van der Waals surface area contributed by atoms with Crippen molar-refractivity contribution in [2.24, 2.45) is 5.50 Å². The fourth-order valence-corrected chi connectivity index (χ4v) is 2.26. The molecule has 0 bridgehead atoms. The van der Waals surface area contributed by atoms with Crippen LogP contribution in [0.5, 0.6) is 11.5 Å². The van der Waals surface area contributed by atoms with Crippen LogP contribution in [0.2, 0.25) is 0 Å². The number of hydrogen-bond donors (Lipinski definition) is 1. The quantitative estimate of drug-likeness (QED) is 0.857. The van der Waals surface area contributed by atoms with Gasteiger partial charge < -0.3 is 9.05 Å². The van der Waals surface area contributed by atoms with Gasteiger partial charge in [0.15, 0.2) is 0 Å². The normalized spacial score (nSPS) is 13.7. The minimum Gasteiger partial charge on any atom is -0.405 e. The fraction of sp³-hybridized carbons (Fsp3) is 0.0769. The molecule has 0 radical (unpaired) electrons. The molecule has 4 nitrogen and oxygen atoms in total. The van der Waals surface area contributed by atoms with Crippen LogP contribution in [0, 0.1) is 6.92 Å². The second-order valence-electron chi connectivity index (χ2n) is 3.85. The maximum atomic E-state index is 12.0. The molecule has 0 aliphatic carbocycles. The highest BCUT2D eigenvalue weighted by atomic mass is 31.2. The third-order valence-corrected chi connectivity index (χ3v) is 3.16. The summed E-state index contributed by atoms with van der Waals surface area (Å²) in [6, 6.07) is 15.8. The SMILES string of the molecule is Cc1ccc(OP(N)(=O)Oc2ccccc2)cc1. The molecular formula is C13H14NO3P. The van der Waals surface area contributed by atoms with E-state index in [1.54, 1.807) is 36.4 Å². The predicted molar refractivity (Wildman–Crippen MR) is 70.7 cm³/mol. The molecule has 0 fully saturated rings. The standard InChI is InChI=1S/C13H14NO3P/c1-11-7-9-13(10-8-11)17-18(14,15)16-12-5-3-2-4-6-12/h2-10H,1H3,(H2,14,15). The second kappa shape index (κ2) is 5.25. The lowest BCUT2D eigenvalue weighted by molar-refractivity contribution is 0.387. The fourth-order valence-electron chi connectivity index (χ4n) is 1.39. The third kappa shape index (κ3) is 3.62. The summed E-state index contributed by atoms with van der Waals surface area (Å²) in [7, 11) is -3.65. The molecule has 18 heavy (non-hydrogen) atoms. The highest BCUT2D eigenvalue weighted by molar-refractivity contribution is 7.52. The minimum absolute atomic E-state index is 0.412. The highest BCUT2D eigenvalue weighted by Crippen LogP contribution is 2.40. The summed E-state index contributed by atoms with van der Waals surface area (Å²) in [5.74, 6) is 0.831. The van der Waals surface area contributed by atoms with E-state index in [1.807, 2.05) is 25.1 Å². The zero-order valence-electron chi connectivity index (χ0n) is 9.95. The van der Waals surface area contributed by atoms with Crippen LogP contribution in [-0.4, -0.2) is 0 Å². The molecule has 1 atom stereocenters. The zero-order chi connectivity index (χ0) is 13.0. The Morgan fingerprint density at radius 1 is 0.889 bits per heavy atom. The molecule has 0 saturated carbocycles. The van der Waals surface area contributed by atoms with Gasteiger partial charge in [0, 0.05) is 0 Å². The summed E-state index contributed by atoms with van der Waals surface area (Å²) in [5, 5.41) is 0. The van der Waals surface area contributed by atoms with Crippen LogP contribution >= 0.6 is 7.75 Å². The monoisotopic (exact) mass is 263 g/mol. The molecule has 0 aliphatic rings. The summed E-state index contributed by atoms with van der Waals surface area (Å²) in [4.78, 5) is 0. The van der Waals surface area contributed by atoms with Crippen LogP contribution < -0.4 is 14.6 Å². The smallest absolute Gasteiger partial charge is 0.405 e. The van der Waals surface area contributed by atoms with Crippen LogP contribution in [0.4, 0.5) is 0 Å². The first-order valence-electron chi connectivity index (χ1n) is 5.45. The molecule has 5 heteroatoms. The van der Waals surface area contributed by atoms with Crippen molar-refractivity contribution in [3.05, 3.63) is 60.2 Å². The minimum atomic E-state index is -3.65. The topological polar surface area (TPSA) is 61.5 Å².